The molecule has 154 valence electrons. The number of nitrogens with one attached hydrogen (secondary N) is 1. The maximum absolute atomic E-state index is 13.3. The zero-order chi connectivity index (χ0) is 20.4. The number of carbonyl (C=O) groups is 1. The summed E-state index contributed by atoms with van der Waals surface area (Å²) < 4.78 is 21.2. The van der Waals surface area contributed by atoms with Crippen LogP contribution in [0.3, 0.4) is 0 Å². The van der Waals surface area contributed by atoms with Crippen LogP contribution in [0, 0.1) is 12.7 Å². The van der Waals surface area contributed by atoms with Crippen LogP contribution in [0.15, 0.2) is 24.3 Å². The van der Waals surface area contributed by atoms with Gasteiger partial charge in [-0.05, 0) is 51.0 Å². The van der Waals surface area contributed by atoms with Crippen LogP contribution in [-0.2, 0) is 9.53 Å². The number of rotatable bonds is 6. The summed E-state index contributed by atoms with van der Waals surface area (Å²) in [5, 5.41) is 8.56. The fourth-order valence-corrected chi connectivity index (χ4v) is 4.54. The number of hydrogen-bond donors (Lipinski definition) is 1. The highest BCUT2D eigenvalue weighted by atomic mass is 32.1. The molecule has 29 heavy (non-hydrogen) atoms. The minimum atomic E-state index is -0.274. The minimum Gasteiger partial charge on any atom is -0.372 e. The third-order valence-electron chi connectivity index (χ3n) is 5.02. The van der Waals surface area contributed by atoms with E-state index >= 15 is 0 Å². The van der Waals surface area contributed by atoms with Gasteiger partial charge in [0, 0.05) is 25.7 Å². The molecule has 1 amide bonds. The first-order chi connectivity index (χ1) is 14.0. The van der Waals surface area contributed by atoms with Crippen LogP contribution >= 0.6 is 11.3 Å². The topological polar surface area (TPSA) is 72.3 Å². The Balaban J connectivity index is 1.46. The molecule has 2 aromatic heterocycles. The molecule has 1 aromatic carbocycles. The molecule has 1 aliphatic heterocycles. The summed E-state index contributed by atoms with van der Waals surface area (Å²) in [6, 6.07) is 6.43. The molecule has 0 spiro atoms. The quantitative estimate of drug-likeness (QED) is 0.667. The van der Waals surface area contributed by atoms with Gasteiger partial charge in [0.2, 0.25) is 5.91 Å². The van der Waals surface area contributed by atoms with Crippen molar-refractivity contribution >= 4 is 32.7 Å². The molecule has 4 rings (SSSR count). The number of thiazole rings is 1. The Morgan fingerprint density at radius 1 is 1.31 bits per heavy atom. The number of hydrogen-bond acceptors (Lipinski definition) is 6. The molecule has 3 heterocycles. The van der Waals surface area contributed by atoms with Crippen LogP contribution in [0.25, 0.3) is 16.0 Å². The van der Waals surface area contributed by atoms with Gasteiger partial charge in [0.15, 0.2) is 10.8 Å². The zero-order valence-corrected chi connectivity index (χ0v) is 17.3. The average molecular weight is 418 g/mol. The Morgan fingerprint density at radius 2 is 2.03 bits per heavy atom. The van der Waals surface area contributed by atoms with Crippen molar-refractivity contribution < 1.29 is 13.9 Å². The van der Waals surface area contributed by atoms with Crippen molar-refractivity contribution in [3.8, 4) is 5.69 Å². The van der Waals surface area contributed by atoms with Crippen molar-refractivity contribution in [1.82, 2.24) is 20.1 Å². The SMILES string of the molecule is CCOCC(=O)NC1CCN(c2nc3c(s2)c(C)nn3-c2ccc(F)cc2)CC1. The maximum atomic E-state index is 13.3. The molecule has 9 heteroatoms. The molecule has 7 nitrogen and oxygen atoms in total. The Bertz CT molecular complexity index is 992. The highest BCUT2D eigenvalue weighted by molar-refractivity contribution is 7.22. The molecule has 1 saturated heterocycles. The van der Waals surface area contributed by atoms with Crippen molar-refractivity contribution in [2.24, 2.45) is 0 Å². The number of nitrogens with zero attached hydrogens (tertiary/aromatic N) is 4. The van der Waals surface area contributed by atoms with Gasteiger partial charge >= 0.3 is 0 Å². The Labute approximate surface area is 172 Å². The van der Waals surface area contributed by atoms with Crippen LogP contribution in [0.1, 0.15) is 25.5 Å². The van der Waals surface area contributed by atoms with E-state index in [9.17, 15) is 9.18 Å². The molecule has 0 saturated carbocycles. The lowest BCUT2D eigenvalue weighted by Crippen LogP contribution is -2.45. The lowest BCUT2D eigenvalue weighted by molar-refractivity contribution is -0.126. The minimum absolute atomic E-state index is 0.0553. The van der Waals surface area contributed by atoms with Crippen LogP contribution < -0.4 is 10.2 Å². The van der Waals surface area contributed by atoms with Gasteiger partial charge in [-0.25, -0.2) is 9.07 Å². The molecule has 0 bridgehead atoms. The summed E-state index contributed by atoms with van der Waals surface area (Å²) in [6.45, 7) is 6.16. The summed E-state index contributed by atoms with van der Waals surface area (Å²) in [5.41, 5.74) is 2.49. The van der Waals surface area contributed by atoms with Crippen LogP contribution in [0.5, 0.6) is 0 Å². The highest BCUT2D eigenvalue weighted by Crippen LogP contribution is 2.33. The van der Waals surface area contributed by atoms with E-state index in [1.165, 1.54) is 12.1 Å². The maximum Gasteiger partial charge on any atom is 0.246 e. The van der Waals surface area contributed by atoms with Crippen molar-refractivity contribution in [3.63, 3.8) is 0 Å². The number of fused-ring (bicyclic) bond motifs is 1. The van der Waals surface area contributed by atoms with Crippen LogP contribution in [-0.4, -0.2) is 53.0 Å². The largest absolute Gasteiger partial charge is 0.372 e. The molecular formula is C20H24FN5O2S. The van der Waals surface area contributed by atoms with E-state index < -0.39 is 0 Å². The second-order valence-corrected chi connectivity index (χ2v) is 8.07. The molecular weight excluding hydrogens is 393 g/mol. The van der Waals surface area contributed by atoms with Gasteiger partial charge in [-0.15, -0.1) is 0 Å². The monoisotopic (exact) mass is 417 g/mol. The highest BCUT2D eigenvalue weighted by Gasteiger charge is 2.24. The van der Waals surface area contributed by atoms with Gasteiger partial charge in [-0.1, -0.05) is 11.3 Å². The van der Waals surface area contributed by atoms with Crippen LogP contribution in [0.2, 0.25) is 0 Å². The fraction of sp³-hybridized carbons (Fsp3) is 0.450. The number of anilines is 1. The predicted octanol–water partition coefficient (Wildman–Crippen LogP) is 3.05. The van der Waals surface area contributed by atoms with Crippen LogP contribution in [0.4, 0.5) is 9.52 Å². The predicted molar refractivity (Wildman–Crippen MR) is 111 cm³/mol. The normalized spacial score (nSPS) is 15.2. The molecule has 0 radical (unpaired) electrons. The van der Waals surface area contributed by atoms with Crippen molar-refractivity contribution in [2.45, 2.75) is 32.7 Å². The van der Waals surface area contributed by atoms with E-state index in [0.717, 1.165) is 52.8 Å². The fourth-order valence-electron chi connectivity index (χ4n) is 3.50. The number of amides is 1. The third-order valence-corrected chi connectivity index (χ3v) is 6.23. The Hall–Kier alpha value is -2.52. The average Bonchev–Trinajstić information content (AvgIpc) is 3.28. The molecule has 1 N–H and O–H groups in total. The number of carbonyl (C=O) groups excluding carboxylic acids is 1. The van der Waals surface area contributed by atoms with Crippen molar-refractivity contribution in [1.29, 1.82) is 0 Å². The van der Waals surface area contributed by atoms with E-state index in [4.69, 9.17) is 9.72 Å². The van der Waals surface area contributed by atoms with Crippen molar-refractivity contribution in [2.75, 3.05) is 31.2 Å². The molecule has 1 fully saturated rings. The summed E-state index contributed by atoms with van der Waals surface area (Å²) in [7, 11) is 0. The summed E-state index contributed by atoms with van der Waals surface area (Å²) in [6.07, 6.45) is 1.74. The van der Waals surface area contributed by atoms with E-state index in [1.54, 1.807) is 28.2 Å². The standard InChI is InChI=1S/C20H24FN5O2S/c1-3-28-12-17(27)22-15-8-10-25(11-9-15)20-23-19-18(29-20)13(2)24-26(19)16-6-4-14(21)5-7-16/h4-7,15H,3,8-12H2,1-2H3,(H,22,27). The molecule has 3 aromatic rings. The van der Waals surface area contributed by atoms with Gasteiger partial charge in [0.05, 0.1) is 16.1 Å². The molecule has 0 unspecified atom stereocenters. The van der Waals surface area contributed by atoms with Gasteiger partial charge in [0.25, 0.3) is 0 Å². The van der Waals surface area contributed by atoms with E-state index in [1.807, 2.05) is 13.8 Å². The number of piperidine rings is 1. The molecule has 1 aliphatic rings. The second-order valence-electron chi connectivity index (χ2n) is 7.09. The lowest BCUT2D eigenvalue weighted by Gasteiger charge is -2.32. The van der Waals surface area contributed by atoms with E-state index in [2.05, 4.69) is 15.3 Å². The lowest BCUT2D eigenvalue weighted by atomic mass is 10.1. The number of halogens is 1. The van der Waals surface area contributed by atoms with Crippen molar-refractivity contribution in [3.05, 3.63) is 35.8 Å². The van der Waals surface area contributed by atoms with E-state index in [-0.39, 0.29) is 24.4 Å². The third kappa shape index (κ3) is 4.25. The summed E-state index contributed by atoms with van der Waals surface area (Å²) in [5.74, 6) is -0.329. The number of aryl methyl sites for hydroxylation is 1. The number of ether oxygens (including phenoxy) is 1. The first-order valence-corrected chi connectivity index (χ1v) is 10.6. The Kier molecular flexibility index (Phi) is 5.77. The first kappa shape index (κ1) is 19.8. The van der Waals surface area contributed by atoms with Gasteiger partial charge < -0.3 is 15.0 Å². The number of aromatic nitrogens is 3. The smallest absolute Gasteiger partial charge is 0.246 e. The summed E-state index contributed by atoms with van der Waals surface area (Å²) in [4.78, 5) is 18.9. The second kappa shape index (κ2) is 8.46. The Morgan fingerprint density at radius 3 is 2.72 bits per heavy atom. The zero-order valence-electron chi connectivity index (χ0n) is 16.5. The van der Waals surface area contributed by atoms with Gasteiger partial charge in [-0.3, -0.25) is 4.79 Å². The van der Waals surface area contributed by atoms with Gasteiger partial charge in [0.1, 0.15) is 12.4 Å². The van der Waals surface area contributed by atoms with E-state index in [0.29, 0.717) is 6.61 Å². The number of benzene rings is 1. The first-order valence-electron chi connectivity index (χ1n) is 9.79. The van der Waals surface area contributed by atoms with Gasteiger partial charge in [-0.2, -0.15) is 10.1 Å². The molecule has 0 atom stereocenters. The summed E-state index contributed by atoms with van der Waals surface area (Å²) >= 11 is 1.63. The molecule has 0 aliphatic carbocycles.